The van der Waals surface area contributed by atoms with Crippen molar-refractivity contribution in [2.24, 2.45) is 0 Å². The van der Waals surface area contributed by atoms with Crippen LogP contribution in [0.3, 0.4) is 0 Å². The molecule has 2 nitrogen and oxygen atoms in total. The summed E-state index contributed by atoms with van der Waals surface area (Å²) in [4.78, 5) is 4.99. The Hall–Kier alpha value is -5.60. The molecule has 0 bridgehead atoms. The summed E-state index contributed by atoms with van der Waals surface area (Å²) < 4.78 is 0. The van der Waals surface area contributed by atoms with Crippen LogP contribution in [0.4, 0.5) is 34.1 Å². The van der Waals surface area contributed by atoms with Gasteiger partial charge in [0.1, 0.15) is 0 Å². The van der Waals surface area contributed by atoms with Crippen LogP contribution in [-0.4, -0.2) is 0 Å². The maximum absolute atomic E-state index is 2.58. The molecule has 8 aromatic carbocycles. The van der Waals surface area contributed by atoms with Crippen molar-refractivity contribution in [2.45, 2.75) is 73.1 Å². The fourth-order valence-electron chi connectivity index (χ4n) is 8.82. The van der Waals surface area contributed by atoms with Gasteiger partial charge in [-0.25, -0.2) is 0 Å². The van der Waals surface area contributed by atoms with Gasteiger partial charge in [0, 0.05) is 38.9 Å². The number of benzene rings is 8. The lowest BCUT2D eigenvalue weighted by molar-refractivity contribution is 0.475. The number of anilines is 6. The van der Waals surface area contributed by atoms with Crippen LogP contribution in [-0.2, 0) is 18.3 Å². The van der Waals surface area contributed by atoms with E-state index in [1.165, 1.54) is 105 Å². The van der Waals surface area contributed by atoms with Crippen LogP contribution in [0.1, 0.15) is 66.1 Å². The molecule has 53 heavy (non-hydrogen) atoms. The third-order valence-electron chi connectivity index (χ3n) is 11.9. The van der Waals surface area contributed by atoms with Crippen molar-refractivity contribution >= 4 is 66.4 Å². The monoisotopic (exact) mass is 688 g/mol. The lowest BCUT2D eigenvalue weighted by Gasteiger charge is -2.37. The molecule has 0 saturated carbocycles. The summed E-state index contributed by atoms with van der Waals surface area (Å²) in [5.74, 6) is 0. The van der Waals surface area contributed by atoms with E-state index in [2.05, 4.69) is 186 Å². The number of rotatable bonds is 7. The van der Waals surface area contributed by atoms with E-state index in [4.69, 9.17) is 0 Å². The summed E-state index contributed by atoms with van der Waals surface area (Å²) in [6.07, 6.45) is 3.12. The van der Waals surface area contributed by atoms with Gasteiger partial charge < -0.3 is 9.80 Å². The highest BCUT2D eigenvalue weighted by atomic mass is 15.1. The lowest BCUT2D eigenvalue weighted by atomic mass is 9.70. The van der Waals surface area contributed by atoms with Crippen LogP contribution in [0.2, 0.25) is 0 Å². The average molecular weight is 689 g/mol. The molecule has 2 heteroatoms. The lowest BCUT2D eigenvalue weighted by Crippen LogP contribution is -2.24. The third kappa shape index (κ3) is 5.46. The predicted molar refractivity (Wildman–Crippen MR) is 229 cm³/mol. The standard InChI is InChI=1S/C51H48N2/c1-8-36-29-47(53(40-21-13-34(4)14-22-40)41-23-15-35(5)16-24-41)44-31-45-48-37(27-28-51(45,6)7)30-46(43-26-25-42(36)49(44)50(43)48)52(38-17-9-32(2)10-18-38)39-19-11-33(3)12-20-39/h9-26,29-31H,8,27-28H2,1-7H3. The summed E-state index contributed by atoms with van der Waals surface area (Å²) >= 11 is 0. The molecule has 262 valence electrons. The molecule has 0 fully saturated rings. The zero-order chi connectivity index (χ0) is 36.6. The molecule has 1 aliphatic rings. The summed E-state index contributed by atoms with van der Waals surface area (Å²) in [5, 5.41) is 8.24. The molecule has 0 atom stereocenters. The first-order valence-corrected chi connectivity index (χ1v) is 19.3. The van der Waals surface area contributed by atoms with Crippen LogP contribution in [0.15, 0.2) is 127 Å². The zero-order valence-corrected chi connectivity index (χ0v) is 32.1. The number of hydrogen-bond donors (Lipinski definition) is 0. The van der Waals surface area contributed by atoms with E-state index < -0.39 is 0 Å². The van der Waals surface area contributed by atoms with Crippen LogP contribution in [0.25, 0.3) is 32.3 Å². The maximum Gasteiger partial charge on any atom is 0.0543 e. The first kappa shape index (κ1) is 33.3. The van der Waals surface area contributed by atoms with Gasteiger partial charge in [0.25, 0.3) is 0 Å². The molecular weight excluding hydrogens is 641 g/mol. The molecule has 8 aromatic rings. The van der Waals surface area contributed by atoms with E-state index in [0.29, 0.717) is 0 Å². The van der Waals surface area contributed by atoms with Crippen LogP contribution in [0.5, 0.6) is 0 Å². The second-order valence-corrected chi connectivity index (χ2v) is 16.1. The molecule has 1 aliphatic carbocycles. The van der Waals surface area contributed by atoms with Crippen molar-refractivity contribution in [3.05, 3.63) is 166 Å². The van der Waals surface area contributed by atoms with Crippen LogP contribution >= 0.6 is 0 Å². The van der Waals surface area contributed by atoms with E-state index in [-0.39, 0.29) is 5.41 Å². The second-order valence-electron chi connectivity index (χ2n) is 16.1. The maximum atomic E-state index is 2.58. The Morgan fingerprint density at radius 1 is 0.472 bits per heavy atom. The molecule has 0 unspecified atom stereocenters. The van der Waals surface area contributed by atoms with Gasteiger partial charge in [-0.1, -0.05) is 104 Å². The minimum Gasteiger partial charge on any atom is -0.310 e. The molecular formula is C51H48N2. The third-order valence-corrected chi connectivity index (χ3v) is 11.9. The van der Waals surface area contributed by atoms with Gasteiger partial charge in [-0.15, -0.1) is 0 Å². The highest BCUT2D eigenvalue weighted by Gasteiger charge is 2.33. The summed E-state index contributed by atoms with van der Waals surface area (Å²) in [6.45, 7) is 15.9. The molecule has 0 N–H and O–H groups in total. The molecule has 0 heterocycles. The largest absolute Gasteiger partial charge is 0.310 e. The topological polar surface area (TPSA) is 6.48 Å². The SMILES string of the molecule is CCc1cc(N(c2ccc(C)cc2)c2ccc(C)cc2)c2cc3c4c(cc(N(c5ccc(C)cc5)c5ccc(C)cc5)c5ccc1c2c54)CCC3(C)C. The molecule has 9 rings (SSSR count). The van der Waals surface area contributed by atoms with Crippen molar-refractivity contribution in [3.8, 4) is 0 Å². The minimum atomic E-state index is 0.0359. The minimum absolute atomic E-state index is 0.0359. The molecule has 0 amide bonds. The van der Waals surface area contributed by atoms with Gasteiger partial charge in [0.05, 0.1) is 11.4 Å². The summed E-state index contributed by atoms with van der Waals surface area (Å²) in [5.41, 5.74) is 16.6. The van der Waals surface area contributed by atoms with E-state index in [0.717, 1.165) is 19.3 Å². The van der Waals surface area contributed by atoms with Crippen LogP contribution < -0.4 is 9.80 Å². The summed E-state index contributed by atoms with van der Waals surface area (Å²) in [6, 6.07) is 48.6. The smallest absolute Gasteiger partial charge is 0.0543 e. The quantitative estimate of drug-likeness (QED) is 0.154. The average Bonchev–Trinajstić information content (AvgIpc) is 3.16. The van der Waals surface area contributed by atoms with Gasteiger partial charge in [0.2, 0.25) is 0 Å². The van der Waals surface area contributed by atoms with E-state index >= 15 is 0 Å². The Kier molecular flexibility index (Phi) is 7.85. The Labute approximate surface area is 314 Å². The van der Waals surface area contributed by atoms with Gasteiger partial charge in [-0.2, -0.15) is 0 Å². The molecule has 0 saturated heterocycles. The zero-order valence-electron chi connectivity index (χ0n) is 32.1. The molecule has 0 spiro atoms. The van der Waals surface area contributed by atoms with Gasteiger partial charge in [-0.05, 0) is 152 Å². The number of nitrogens with zero attached hydrogens (tertiary/aromatic N) is 2. The first-order valence-electron chi connectivity index (χ1n) is 19.3. The normalized spacial score (nSPS) is 13.6. The fourth-order valence-corrected chi connectivity index (χ4v) is 8.82. The Morgan fingerprint density at radius 2 is 0.906 bits per heavy atom. The number of aryl methyl sites for hydroxylation is 6. The molecule has 0 aromatic heterocycles. The highest BCUT2D eigenvalue weighted by Crippen LogP contribution is 2.54. The van der Waals surface area contributed by atoms with E-state index in [1.54, 1.807) is 0 Å². The number of hydrogen-bond acceptors (Lipinski definition) is 2. The molecule has 0 aliphatic heterocycles. The van der Waals surface area contributed by atoms with Gasteiger partial charge in [-0.3, -0.25) is 0 Å². The predicted octanol–water partition coefficient (Wildman–Crippen LogP) is 14.5. The van der Waals surface area contributed by atoms with Crippen molar-refractivity contribution in [1.29, 1.82) is 0 Å². The van der Waals surface area contributed by atoms with E-state index in [1.807, 2.05) is 0 Å². The van der Waals surface area contributed by atoms with Crippen molar-refractivity contribution in [3.63, 3.8) is 0 Å². The summed E-state index contributed by atoms with van der Waals surface area (Å²) in [7, 11) is 0. The first-order chi connectivity index (χ1) is 25.6. The fraction of sp³-hybridized carbons (Fsp3) is 0.216. The van der Waals surface area contributed by atoms with E-state index in [9.17, 15) is 0 Å². The molecule has 0 radical (unpaired) electrons. The highest BCUT2D eigenvalue weighted by molar-refractivity contribution is 6.30. The van der Waals surface area contributed by atoms with Gasteiger partial charge >= 0.3 is 0 Å². The van der Waals surface area contributed by atoms with Gasteiger partial charge in [0.15, 0.2) is 0 Å². The van der Waals surface area contributed by atoms with Crippen LogP contribution in [0, 0.1) is 27.7 Å². The van der Waals surface area contributed by atoms with Crippen molar-refractivity contribution < 1.29 is 0 Å². The van der Waals surface area contributed by atoms with Crippen molar-refractivity contribution in [2.75, 3.05) is 9.80 Å². The van der Waals surface area contributed by atoms with Crippen molar-refractivity contribution in [1.82, 2.24) is 0 Å². The Bertz CT molecular complexity index is 2540. The second kappa shape index (κ2) is 12.5. The Balaban J connectivity index is 1.43. The Morgan fingerprint density at radius 3 is 1.36 bits per heavy atom.